The number of para-hydroxylation sites is 1. The van der Waals surface area contributed by atoms with Gasteiger partial charge in [-0.3, -0.25) is 4.79 Å². The van der Waals surface area contributed by atoms with E-state index in [0.717, 1.165) is 11.1 Å². The number of anilines is 1. The summed E-state index contributed by atoms with van der Waals surface area (Å²) in [7, 11) is 1.33. The molecule has 0 fully saturated rings. The van der Waals surface area contributed by atoms with Crippen LogP contribution >= 0.6 is 0 Å². The number of ether oxygens (including phenoxy) is 1. The van der Waals surface area contributed by atoms with E-state index >= 15 is 0 Å². The second kappa shape index (κ2) is 7.98. The van der Waals surface area contributed by atoms with Crippen molar-refractivity contribution in [2.75, 3.05) is 19.0 Å². The molecule has 0 saturated heterocycles. The molecule has 0 unspecified atom stereocenters. The Morgan fingerprint density at radius 3 is 2.48 bits per heavy atom. The Labute approximate surface area is 135 Å². The smallest absolute Gasteiger partial charge is 0.339 e. The van der Waals surface area contributed by atoms with Gasteiger partial charge in [-0.15, -0.1) is 0 Å². The van der Waals surface area contributed by atoms with Gasteiger partial charge in [0, 0.05) is 12.2 Å². The second-order valence-corrected chi connectivity index (χ2v) is 5.09. The molecule has 120 valence electrons. The van der Waals surface area contributed by atoms with Crippen LogP contribution < -0.4 is 10.6 Å². The summed E-state index contributed by atoms with van der Waals surface area (Å²) in [6.07, 6.45) is 0. The zero-order chi connectivity index (χ0) is 16.7. The highest BCUT2D eigenvalue weighted by Gasteiger charge is 2.11. The number of carbonyl (C=O) groups is 2. The average molecular weight is 312 g/mol. The largest absolute Gasteiger partial charge is 0.465 e. The fourth-order valence-electron chi connectivity index (χ4n) is 2.17. The molecule has 0 bridgehead atoms. The van der Waals surface area contributed by atoms with Crippen molar-refractivity contribution in [3.8, 4) is 0 Å². The number of aryl methyl sites for hydroxylation is 1. The first-order valence-electron chi connectivity index (χ1n) is 7.34. The summed E-state index contributed by atoms with van der Waals surface area (Å²) in [5, 5.41) is 5.82. The van der Waals surface area contributed by atoms with Gasteiger partial charge in [-0.05, 0) is 30.2 Å². The number of amides is 1. The molecule has 0 spiro atoms. The summed E-state index contributed by atoms with van der Waals surface area (Å²) in [5.74, 6) is -0.582. The molecule has 0 aliphatic rings. The molecular formula is C18H20N2O3. The highest BCUT2D eigenvalue weighted by atomic mass is 16.5. The highest BCUT2D eigenvalue weighted by Crippen LogP contribution is 2.15. The standard InChI is InChI=1S/C18H20N2O3/c1-13-7-3-4-8-14(13)11-20-17(21)12-19-16-10-6-5-9-15(16)18(22)23-2/h3-10,19H,11-12H2,1-2H3,(H,20,21). The number of hydrogen-bond donors (Lipinski definition) is 2. The fourth-order valence-corrected chi connectivity index (χ4v) is 2.17. The first-order valence-corrected chi connectivity index (χ1v) is 7.34. The quantitative estimate of drug-likeness (QED) is 0.804. The minimum atomic E-state index is -0.437. The minimum absolute atomic E-state index is 0.0832. The van der Waals surface area contributed by atoms with Crippen molar-refractivity contribution in [1.29, 1.82) is 0 Å². The predicted molar refractivity (Wildman–Crippen MR) is 89.3 cm³/mol. The van der Waals surface area contributed by atoms with E-state index in [9.17, 15) is 9.59 Å². The van der Waals surface area contributed by atoms with Crippen molar-refractivity contribution >= 4 is 17.6 Å². The number of nitrogens with one attached hydrogen (secondary N) is 2. The number of rotatable bonds is 6. The third-order valence-electron chi connectivity index (χ3n) is 3.51. The summed E-state index contributed by atoms with van der Waals surface area (Å²) in [6.45, 7) is 2.57. The zero-order valence-corrected chi connectivity index (χ0v) is 13.3. The van der Waals surface area contributed by atoms with Gasteiger partial charge in [0.25, 0.3) is 0 Å². The molecule has 2 rings (SSSR count). The van der Waals surface area contributed by atoms with Crippen LogP contribution in [0.2, 0.25) is 0 Å². The SMILES string of the molecule is COC(=O)c1ccccc1NCC(=O)NCc1ccccc1C. The van der Waals surface area contributed by atoms with Gasteiger partial charge in [0.1, 0.15) is 0 Å². The Kier molecular flexibility index (Phi) is 5.74. The van der Waals surface area contributed by atoms with Gasteiger partial charge in [-0.1, -0.05) is 36.4 Å². The average Bonchev–Trinajstić information content (AvgIpc) is 2.58. The molecule has 2 aromatic carbocycles. The van der Waals surface area contributed by atoms with Gasteiger partial charge < -0.3 is 15.4 Å². The normalized spacial score (nSPS) is 10.0. The molecule has 0 atom stereocenters. The van der Waals surface area contributed by atoms with Crippen LogP contribution in [0.4, 0.5) is 5.69 Å². The van der Waals surface area contributed by atoms with E-state index in [0.29, 0.717) is 17.8 Å². The van der Waals surface area contributed by atoms with Gasteiger partial charge in [-0.25, -0.2) is 4.79 Å². The maximum Gasteiger partial charge on any atom is 0.339 e. The van der Waals surface area contributed by atoms with Gasteiger partial charge in [-0.2, -0.15) is 0 Å². The van der Waals surface area contributed by atoms with Gasteiger partial charge in [0.05, 0.1) is 19.2 Å². The number of esters is 1. The molecule has 0 aliphatic carbocycles. The lowest BCUT2D eigenvalue weighted by Gasteiger charge is -2.11. The van der Waals surface area contributed by atoms with E-state index in [4.69, 9.17) is 4.74 Å². The molecule has 1 amide bonds. The Morgan fingerprint density at radius 1 is 1.04 bits per heavy atom. The molecule has 23 heavy (non-hydrogen) atoms. The molecule has 0 heterocycles. The van der Waals surface area contributed by atoms with Crippen LogP contribution in [-0.4, -0.2) is 25.5 Å². The molecular weight excluding hydrogens is 292 g/mol. The summed E-state index contributed by atoms with van der Waals surface area (Å²) in [6, 6.07) is 14.8. The predicted octanol–water partition coefficient (Wildman–Crippen LogP) is 2.51. The number of methoxy groups -OCH3 is 1. The van der Waals surface area contributed by atoms with E-state index in [1.54, 1.807) is 24.3 Å². The first-order chi connectivity index (χ1) is 11.1. The van der Waals surface area contributed by atoms with E-state index in [1.165, 1.54) is 7.11 Å². The zero-order valence-electron chi connectivity index (χ0n) is 13.3. The third-order valence-corrected chi connectivity index (χ3v) is 3.51. The fraction of sp³-hybridized carbons (Fsp3) is 0.222. The molecule has 5 nitrogen and oxygen atoms in total. The molecule has 0 aromatic heterocycles. The lowest BCUT2D eigenvalue weighted by Crippen LogP contribution is -2.30. The lowest BCUT2D eigenvalue weighted by molar-refractivity contribution is -0.119. The van der Waals surface area contributed by atoms with Gasteiger partial charge in [0.15, 0.2) is 0 Å². The van der Waals surface area contributed by atoms with Crippen LogP contribution in [0.3, 0.4) is 0 Å². The van der Waals surface area contributed by atoms with E-state index < -0.39 is 5.97 Å². The van der Waals surface area contributed by atoms with Crippen molar-refractivity contribution in [2.24, 2.45) is 0 Å². The van der Waals surface area contributed by atoms with Crippen molar-refractivity contribution < 1.29 is 14.3 Å². The van der Waals surface area contributed by atoms with Crippen molar-refractivity contribution in [1.82, 2.24) is 5.32 Å². The molecule has 2 N–H and O–H groups in total. The Morgan fingerprint density at radius 2 is 1.74 bits per heavy atom. The molecule has 0 aliphatic heterocycles. The number of benzene rings is 2. The first kappa shape index (κ1) is 16.5. The minimum Gasteiger partial charge on any atom is -0.465 e. The Balaban J connectivity index is 1.90. The van der Waals surface area contributed by atoms with E-state index in [1.807, 2.05) is 31.2 Å². The van der Waals surface area contributed by atoms with Crippen LogP contribution in [-0.2, 0) is 16.1 Å². The van der Waals surface area contributed by atoms with E-state index in [-0.39, 0.29) is 12.5 Å². The third kappa shape index (κ3) is 4.57. The summed E-state index contributed by atoms with van der Waals surface area (Å²) in [5.41, 5.74) is 3.19. The van der Waals surface area contributed by atoms with Crippen molar-refractivity contribution in [2.45, 2.75) is 13.5 Å². The van der Waals surface area contributed by atoms with Crippen LogP contribution in [0.15, 0.2) is 48.5 Å². The molecule has 0 saturated carbocycles. The van der Waals surface area contributed by atoms with Crippen molar-refractivity contribution in [3.63, 3.8) is 0 Å². The number of hydrogen-bond acceptors (Lipinski definition) is 4. The van der Waals surface area contributed by atoms with Crippen LogP contribution in [0, 0.1) is 6.92 Å². The van der Waals surface area contributed by atoms with E-state index in [2.05, 4.69) is 10.6 Å². The highest BCUT2D eigenvalue weighted by molar-refractivity contribution is 5.96. The summed E-state index contributed by atoms with van der Waals surface area (Å²) >= 11 is 0. The molecule has 5 heteroatoms. The van der Waals surface area contributed by atoms with Crippen LogP contribution in [0.1, 0.15) is 21.5 Å². The maximum atomic E-state index is 12.0. The molecule has 2 aromatic rings. The van der Waals surface area contributed by atoms with Gasteiger partial charge >= 0.3 is 5.97 Å². The maximum absolute atomic E-state index is 12.0. The topological polar surface area (TPSA) is 67.4 Å². The van der Waals surface area contributed by atoms with Gasteiger partial charge in [0.2, 0.25) is 5.91 Å². The van der Waals surface area contributed by atoms with Crippen LogP contribution in [0.5, 0.6) is 0 Å². The number of carbonyl (C=O) groups excluding carboxylic acids is 2. The summed E-state index contributed by atoms with van der Waals surface area (Å²) < 4.78 is 4.72. The molecule has 0 radical (unpaired) electrons. The Hall–Kier alpha value is -2.82. The Bertz CT molecular complexity index is 698. The monoisotopic (exact) mass is 312 g/mol. The lowest BCUT2D eigenvalue weighted by atomic mass is 10.1. The summed E-state index contributed by atoms with van der Waals surface area (Å²) in [4.78, 5) is 23.6. The van der Waals surface area contributed by atoms with Crippen molar-refractivity contribution in [3.05, 3.63) is 65.2 Å². The van der Waals surface area contributed by atoms with Crippen LogP contribution in [0.25, 0.3) is 0 Å². The second-order valence-electron chi connectivity index (χ2n) is 5.09.